The van der Waals surface area contributed by atoms with Crippen LogP contribution in [-0.4, -0.2) is 18.1 Å². The Hall–Kier alpha value is -0.970. The largest absolute Gasteiger partial charge is 0.316 e. The van der Waals surface area contributed by atoms with E-state index >= 15 is 0 Å². The topological polar surface area (TPSA) is 24.9 Å². The van der Waals surface area contributed by atoms with Gasteiger partial charge in [0.05, 0.1) is 10.7 Å². The van der Waals surface area contributed by atoms with Gasteiger partial charge < -0.3 is 5.32 Å². The maximum absolute atomic E-state index is 13.3. The maximum Gasteiger partial charge on any atom is 0.141 e. The number of halogens is 2. The molecule has 0 radical (unpaired) electrons. The second kappa shape index (κ2) is 6.42. The third-order valence-electron chi connectivity index (χ3n) is 3.88. The van der Waals surface area contributed by atoms with Gasteiger partial charge in [-0.2, -0.15) is 0 Å². The SMILES string of the molecule is CCNCC1CCCc2sc(-c3ccc(F)c(Cl)c3)nc21. The second-order valence-corrected chi connectivity index (χ2v) is 6.84. The number of benzene rings is 1. The number of nitrogens with one attached hydrogen (secondary N) is 1. The summed E-state index contributed by atoms with van der Waals surface area (Å²) in [4.78, 5) is 6.20. The number of thiazole rings is 1. The van der Waals surface area contributed by atoms with Gasteiger partial charge in [-0.3, -0.25) is 0 Å². The van der Waals surface area contributed by atoms with E-state index in [1.54, 1.807) is 23.5 Å². The normalized spacial score (nSPS) is 17.8. The van der Waals surface area contributed by atoms with E-state index in [0.717, 1.165) is 30.1 Å². The van der Waals surface area contributed by atoms with Crippen LogP contribution in [0.5, 0.6) is 0 Å². The van der Waals surface area contributed by atoms with Gasteiger partial charge >= 0.3 is 0 Å². The molecule has 5 heteroatoms. The van der Waals surface area contributed by atoms with Gasteiger partial charge in [0.1, 0.15) is 10.8 Å². The van der Waals surface area contributed by atoms with Crippen LogP contribution in [0.2, 0.25) is 5.02 Å². The quantitative estimate of drug-likeness (QED) is 0.886. The Morgan fingerprint density at radius 2 is 2.33 bits per heavy atom. The summed E-state index contributed by atoms with van der Waals surface area (Å²) in [7, 11) is 0. The molecular formula is C16H18ClFN2S. The summed E-state index contributed by atoms with van der Waals surface area (Å²) < 4.78 is 13.3. The first-order chi connectivity index (χ1) is 10.2. The van der Waals surface area contributed by atoms with Crippen molar-refractivity contribution < 1.29 is 4.39 Å². The molecule has 0 saturated carbocycles. The Labute approximate surface area is 133 Å². The zero-order valence-corrected chi connectivity index (χ0v) is 13.5. The van der Waals surface area contributed by atoms with Crippen molar-refractivity contribution >= 4 is 22.9 Å². The molecule has 2 aromatic rings. The predicted octanol–water partition coefficient (Wildman–Crippen LogP) is 4.63. The fourth-order valence-corrected chi connectivity index (χ4v) is 4.14. The highest BCUT2D eigenvalue weighted by Gasteiger charge is 2.24. The fourth-order valence-electron chi connectivity index (χ4n) is 2.78. The molecule has 3 rings (SSSR count). The molecule has 0 spiro atoms. The Morgan fingerprint density at radius 3 is 3.10 bits per heavy atom. The van der Waals surface area contributed by atoms with Gasteiger partial charge in [-0.1, -0.05) is 18.5 Å². The molecule has 1 aromatic carbocycles. The molecule has 21 heavy (non-hydrogen) atoms. The lowest BCUT2D eigenvalue weighted by Gasteiger charge is -2.21. The van der Waals surface area contributed by atoms with Gasteiger partial charge in [0.2, 0.25) is 0 Å². The fraction of sp³-hybridized carbons (Fsp3) is 0.438. The molecule has 1 heterocycles. The van der Waals surface area contributed by atoms with E-state index in [0.29, 0.717) is 5.92 Å². The van der Waals surface area contributed by atoms with Crippen molar-refractivity contribution in [3.8, 4) is 10.6 Å². The molecule has 0 amide bonds. The first-order valence-electron chi connectivity index (χ1n) is 7.34. The van der Waals surface area contributed by atoms with Gasteiger partial charge in [-0.25, -0.2) is 9.37 Å². The van der Waals surface area contributed by atoms with Crippen LogP contribution >= 0.6 is 22.9 Å². The number of likely N-dealkylation sites (N-methyl/N-ethyl adjacent to an activating group) is 1. The van der Waals surface area contributed by atoms with Crippen molar-refractivity contribution in [2.24, 2.45) is 0 Å². The van der Waals surface area contributed by atoms with E-state index in [1.807, 2.05) is 0 Å². The Bertz CT molecular complexity index is 641. The standard InChI is InChI=1S/C16H18ClFN2S/c1-2-19-9-11-4-3-5-14-15(11)20-16(21-14)10-6-7-13(18)12(17)8-10/h6-8,11,19H,2-5,9H2,1H3. The van der Waals surface area contributed by atoms with Gasteiger partial charge in [0.25, 0.3) is 0 Å². The number of fused-ring (bicyclic) bond motifs is 1. The van der Waals surface area contributed by atoms with Crippen molar-refractivity contribution in [3.05, 3.63) is 39.6 Å². The number of aryl methyl sites for hydroxylation is 1. The summed E-state index contributed by atoms with van der Waals surface area (Å²) in [5.74, 6) is 0.112. The van der Waals surface area contributed by atoms with Crippen LogP contribution in [0.1, 0.15) is 36.3 Å². The van der Waals surface area contributed by atoms with Crippen LogP contribution in [0.25, 0.3) is 10.6 Å². The molecule has 1 N–H and O–H groups in total. The van der Waals surface area contributed by atoms with E-state index < -0.39 is 0 Å². The monoisotopic (exact) mass is 324 g/mol. The van der Waals surface area contributed by atoms with Crippen LogP contribution in [0.15, 0.2) is 18.2 Å². The van der Waals surface area contributed by atoms with Gasteiger partial charge in [0.15, 0.2) is 0 Å². The smallest absolute Gasteiger partial charge is 0.141 e. The molecule has 1 atom stereocenters. The van der Waals surface area contributed by atoms with Crippen molar-refractivity contribution in [1.29, 1.82) is 0 Å². The van der Waals surface area contributed by atoms with Crippen molar-refractivity contribution in [2.45, 2.75) is 32.1 Å². The molecule has 1 unspecified atom stereocenters. The van der Waals surface area contributed by atoms with Crippen molar-refractivity contribution in [2.75, 3.05) is 13.1 Å². The first kappa shape index (κ1) is 14.9. The zero-order valence-electron chi connectivity index (χ0n) is 12.0. The Morgan fingerprint density at radius 1 is 1.48 bits per heavy atom. The van der Waals surface area contributed by atoms with Crippen LogP contribution in [0.4, 0.5) is 4.39 Å². The molecule has 0 bridgehead atoms. The van der Waals surface area contributed by atoms with Crippen LogP contribution in [-0.2, 0) is 6.42 Å². The molecule has 0 aliphatic heterocycles. The molecule has 112 valence electrons. The molecule has 1 aliphatic rings. The Balaban J connectivity index is 1.91. The third-order valence-corrected chi connectivity index (χ3v) is 5.35. The number of rotatable bonds is 4. The molecule has 2 nitrogen and oxygen atoms in total. The van der Waals surface area contributed by atoms with E-state index in [9.17, 15) is 4.39 Å². The summed E-state index contributed by atoms with van der Waals surface area (Å²) in [5.41, 5.74) is 2.13. The van der Waals surface area contributed by atoms with Gasteiger partial charge in [-0.15, -0.1) is 11.3 Å². The van der Waals surface area contributed by atoms with Crippen LogP contribution in [0.3, 0.4) is 0 Å². The highest BCUT2D eigenvalue weighted by atomic mass is 35.5. The molecule has 0 fully saturated rings. The summed E-state index contributed by atoms with van der Waals surface area (Å²) in [6, 6.07) is 4.83. The van der Waals surface area contributed by atoms with E-state index in [1.165, 1.54) is 29.5 Å². The minimum atomic E-state index is -0.383. The van der Waals surface area contributed by atoms with Gasteiger partial charge in [-0.05, 0) is 44.0 Å². The predicted molar refractivity (Wildman–Crippen MR) is 86.7 cm³/mol. The lowest BCUT2D eigenvalue weighted by atomic mass is 9.91. The lowest BCUT2D eigenvalue weighted by Crippen LogP contribution is -2.23. The van der Waals surface area contributed by atoms with Gasteiger partial charge in [0, 0.05) is 22.9 Å². The minimum absolute atomic E-state index is 0.157. The van der Waals surface area contributed by atoms with E-state index in [4.69, 9.17) is 16.6 Å². The van der Waals surface area contributed by atoms with Crippen molar-refractivity contribution in [1.82, 2.24) is 10.3 Å². The molecule has 1 aromatic heterocycles. The zero-order chi connectivity index (χ0) is 14.8. The molecule has 1 aliphatic carbocycles. The van der Waals surface area contributed by atoms with Crippen LogP contribution in [0, 0.1) is 5.82 Å². The lowest BCUT2D eigenvalue weighted by molar-refractivity contribution is 0.509. The average molecular weight is 325 g/mol. The van der Waals surface area contributed by atoms with Crippen molar-refractivity contribution in [3.63, 3.8) is 0 Å². The Kier molecular flexibility index (Phi) is 4.57. The number of hydrogen-bond acceptors (Lipinski definition) is 3. The molecular weight excluding hydrogens is 307 g/mol. The first-order valence-corrected chi connectivity index (χ1v) is 8.54. The van der Waals surface area contributed by atoms with Crippen LogP contribution < -0.4 is 5.32 Å². The average Bonchev–Trinajstić information content (AvgIpc) is 2.92. The number of hydrogen-bond donors (Lipinski definition) is 1. The van der Waals surface area contributed by atoms with E-state index in [2.05, 4.69) is 12.2 Å². The van der Waals surface area contributed by atoms with E-state index in [-0.39, 0.29) is 10.8 Å². The molecule has 0 saturated heterocycles. The maximum atomic E-state index is 13.3. The number of nitrogens with zero attached hydrogens (tertiary/aromatic N) is 1. The highest BCUT2D eigenvalue weighted by Crippen LogP contribution is 2.38. The summed E-state index contributed by atoms with van der Waals surface area (Å²) in [5, 5.41) is 4.53. The number of aromatic nitrogens is 1. The third kappa shape index (κ3) is 3.12. The highest BCUT2D eigenvalue weighted by molar-refractivity contribution is 7.15. The summed E-state index contributed by atoms with van der Waals surface area (Å²) in [6.45, 7) is 4.09. The minimum Gasteiger partial charge on any atom is -0.316 e. The summed E-state index contributed by atoms with van der Waals surface area (Å²) in [6.07, 6.45) is 3.51. The summed E-state index contributed by atoms with van der Waals surface area (Å²) >= 11 is 7.60. The second-order valence-electron chi connectivity index (χ2n) is 5.35.